The van der Waals surface area contributed by atoms with Crippen LogP contribution in [0.15, 0.2) is 0 Å². The summed E-state index contributed by atoms with van der Waals surface area (Å²) >= 11 is 0. The minimum absolute atomic E-state index is 0.244. The van der Waals surface area contributed by atoms with Gasteiger partial charge in [-0.05, 0) is 13.1 Å². The minimum atomic E-state index is 0.244. The Balaban J connectivity index is 0.000000183. The van der Waals surface area contributed by atoms with Crippen molar-refractivity contribution < 1.29 is 5.11 Å². The van der Waals surface area contributed by atoms with E-state index < -0.39 is 0 Å². The van der Waals surface area contributed by atoms with Crippen LogP contribution < -0.4 is 5.32 Å². The van der Waals surface area contributed by atoms with E-state index >= 15 is 0 Å². The summed E-state index contributed by atoms with van der Waals surface area (Å²) in [6, 6.07) is 0. The van der Waals surface area contributed by atoms with Gasteiger partial charge in [-0.3, -0.25) is 0 Å². The molecule has 0 atom stereocenters. The van der Waals surface area contributed by atoms with Gasteiger partial charge in [0.1, 0.15) is 0 Å². The number of aliphatic hydroxyl groups excluding tert-OH is 1. The van der Waals surface area contributed by atoms with Crippen molar-refractivity contribution in [3.05, 3.63) is 0 Å². The van der Waals surface area contributed by atoms with Gasteiger partial charge >= 0.3 is 0 Å². The summed E-state index contributed by atoms with van der Waals surface area (Å²) < 4.78 is 0. The smallest absolute Gasteiger partial charge is 0.0555 e. The van der Waals surface area contributed by atoms with Crippen LogP contribution in [0.3, 0.4) is 0 Å². The summed E-state index contributed by atoms with van der Waals surface area (Å²) in [6.07, 6.45) is 0. The van der Waals surface area contributed by atoms with Crippen molar-refractivity contribution >= 4 is 0 Å². The van der Waals surface area contributed by atoms with E-state index in [1.165, 1.54) is 19.6 Å². The van der Waals surface area contributed by atoms with E-state index in [-0.39, 0.29) is 6.61 Å². The number of hydrogen-bond donors (Lipinski definition) is 2. The van der Waals surface area contributed by atoms with Gasteiger partial charge in [-0.15, -0.1) is 0 Å². The Morgan fingerprint density at radius 3 is 2.09 bits per heavy atom. The van der Waals surface area contributed by atoms with Gasteiger partial charge in [-0.25, -0.2) is 0 Å². The lowest BCUT2D eigenvalue weighted by Crippen LogP contribution is -2.16. The second-order valence-electron chi connectivity index (χ2n) is 2.51. The van der Waals surface area contributed by atoms with Crippen molar-refractivity contribution in [1.82, 2.24) is 10.2 Å². The highest BCUT2D eigenvalue weighted by atomic mass is 16.3. The van der Waals surface area contributed by atoms with E-state index in [4.69, 9.17) is 5.11 Å². The zero-order valence-electron chi connectivity index (χ0n) is 7.64. The molecular weight excluding hydrogens is 140 g/mol. The molecule has 1 rings (SSSR count). The predicted molar refractivity (Wildman–Crippen MR) is 47.7 cm³/mol. The van der Waals surface area contributed by atoms with Crippen LogP contribution in [-0.4, -0.2) is 49.3 Å². The molecular formula is C8H20N2O. The van der Waals surface area contributed by atoms with Crippen LogP contribution in [0.4, 0.5) is 0 Å². The molecule has 0 unspecified atom stereocenters. The summed E-state index contributed by atoms with van der Waals surface area (Å²) in [5, 5.41) is 11.1. The van der Waals surface area contributed by atoms with Crippen LogP contribution in [0.25, 0.3) is 0 Å². The lowest BCUT2D eigenvalue weighted by atomic mass is 10.6. The second kappa shape index (κ2) is 7.98. The standard InChI is InChI=1S/C4H11NO.C4H9N/c1-2-5-3-4-6;1-2-5-3-4-5/h5-6H,2-4H2,1H3;2-4H2,1H3. The molecule has 0 aromatic rings. The molecule has 0 bridgehead atoms. The van der Waals surface area contributed by atoms with E-state index in [9.17, 15) is 0 Å². The second-order valence-corrected chi connectivity index (χ2v) is 2.51. The molecule has 1 aliphatic rings. The number of nitrogens with one attached hydrogen (secondary N) is 1. The molecule has 1 heterocycles. The molecule has 0 amide bonds. The summed E-state index contributed by atoms with van der Waals surface area (Å²) in [4.78, 5) is 2.38. The number of nitrogens with zero attached hydrogens (tertiary/aromatic N) is 1. The third-order valence-electron chi connectivity index (χ3n) is 1.53. The topological polar surface area (TPSA) is 35.3 Å². The van der Waals surface area contributed by atoms with E-state index in [0.717, 1.165) is 13.1 Å². The van der Waals surface area contributed by atoms with E-state index in [1.807, 2.05) is 6.92 Å². The van der Waals surface area contributed by atoms with Gasteiger partial charge in [0.05, 0.1) is 6.61 Å². The molecule has 0 spiro atoms. The third-order valence-corrected chi connectivity index (χ3v) is 1.53. The quantitative estimate of drug-likeness (QED) is 0.445. The van der Waals surface area contributed by atoms with Crippen LogP contribution in [0.2, 0.25) is 0 Å². The maximum atomic E-state index is 8.13. The zero-order valence-corrected chi connectivity index (χ0v) is 7.64. The Kier molecular flexibility index (Phi) is 7.89. The lowest BCUT2D eigenvalue weighted by molar-refractivity contribution is 0.293. The van der Waals surface area contributed by atoms with Crippen molar-refractivity contribution in [3.63, 3.8) is 0 Å². The Bertz CT molecular complexity index is 70.5. The average Bonchev–Trinajstić information content (AvgIpc) is 2.84. The largest absolute Gasteiger partial charge is 0.395 e. The maximum absolute atomic E-state index is 8.13. The molecule has 3 nitrogen and oxygen atoms in total. The number of rotatable bonds is 4. The van der Waals surface area contributed by atoms with Crippen molar-refractivity contribution in [2.75, 3.05) is 39.3 Å². The molecule has 1 aliphatic heterocycles. The van der Waals surface area contributed by atoms with Crippen LogP contribution in [0.5, 0.6) is 0 Å². The van der Waals surface area contributed by atoms with Gasteiger partial charge in [0.25, 0.3) is 0 Å². The zero-order chi connectivity index (χ0) is 8.53. The fraction of sp³-hybridized carbons (Fsp3) is 1.00. The van der Waals surface area contributed by atoms with Crippen LogP contribution in [0, 0.1) is 0 Å². The SMILES string of the molecule is CCN1CC1.CCNCCO. The first-order chi connectivity index (χ1) is 5.35. The Morgan fingerprint density at radius 2 is 2.00 bits per heavy atom. The lowest BCUT2D eigenvalue weighted by Gasteiger charge is -1.91. The monoisotopic (exact) mass is 160 g/mol. The fourth-order valence-corrected chi connectivity index (χ4v) is 0.643. The number of aliphatic hydroxyl groups is 1. The van der Waals surface area contributed by atoms with Gasteiger partial charge in [-0.1, -0.05) is 13.8 Å². The Morgan fingerprint density at radius 1 is 1.36 bits per heavy atom. The molecule has 1 saturated heterocycles. The summed E-state index contributed by atoms with van der Waals surface area (Å²) in [7, 11) is 0. The van der Waals surface area contributed by atoms with Gasteiger partial charge in [0.2, 0.25) is 0 Å². The molecule has 2 N–H and O–H groups in total. The van der Waals surface area contributed by atoms with E-state index in [1.54, 1.807) is 0 Å². The molecule has 0 aromatic carbocycles. The first-order valence-corrected chi connectivity index (χ1v) is 4.39. The normalized spacial score (nSPS) is 15.5. The minimum Gasteiger partial charge on any atom is -0.395 e. The summed E-state index contributed by atoms with van der Waals surface area (Å²) in [5.74, 6) is 0. The van der Waals surface area contributed by atoms with Crippen molar-refractivity contribution in [2.45, 2.75) is 13.8 Å². The molecule has 1 fully saturated rings. The van der Waals surface area contributed by atoms with Crippen molar-refractivity contribution in [3.8, 4) is 0 Å². The van der Waals surface area contributed by atoms with Gasteiger partial charge in [0, 0.05) is 19.6 Å². The van der Waals surface area contributed by atoms with Gasteiger partial charge < -0.3 is 15.3 Å². The highest BCUT2D eigenvalue weighted by Gasteiger charge is 2.12. The first kappa shape index (κ1) is 10.9. The van der Waals surface area contributed by atoms with Gasteiger partial charge in [-0.2, -0.15) is 0 Å². The maximum Gasteiger partial charge on any atom is 0.0555 e. The number of likely N-dealkylation sites (N-methyl/N-ethyl adjacent to an activating group) is 2. The predicted octanol–water partition coefficient (Wildman–Crippen LogP) is -0.0899. The average molecular weight is 160 g/mol. The molecule has 11 heavy (non-hydrogen) atoms. The molecule has 68 valence electrons. The summed E-state index contributed by atoms with van der Waals surface area (Å²) in [5.41, 5.74) is 0. The van der Waals surface area contributed by atoms with E-state index in [0.29, 0.717) is 0 Å². The van der Waals surface area contributed by atoms with Crippen LogP contribution in [0.1, 0.15) is 13.8 Å². The van der Waals surface area contributed by atoms with Crippen molar-refractivity contribution in [1.29, 1.82) is 0 Å². The fourth-order valence-electron chi connectivity index (χ4n) is 0.643. The highest BCUT2D eigenvalue weighted by molar-refractivity contribution is 4.68. The number of hydrogen-bond acceptors (Lipinski definition) is 3. The molecule has 0 saturated carbocycles. The van der Waals surface area contributed by atoms with E-state index in [2.05, 4.69) is 17.1 Å². The van der Waals surface area contributed by atoms with Crippen molar-refractivity contribution in [2.24, 2.45) is 0 Å². The molecule has 0 radical (unpaired) electrons. The Labute approximate surface area is 69.4 Å². The van der Waals surface area contributed by atoms with Crippen LogP contribution >= 0.6 is 0 Å². The molecule has 0 aromatic heterocycles. The summed E-state index contributed by atoms with van der Waals surface area (Å²) in [6.45, 7) is 10.0. The third kappa shape index (κ3) is 9.88. The van der Waals surface area contributed by atoms with Gasteiger partial charge in [0.15, 0.2) is 0 Å². The molecule has 0 aliphatic carbocycles. The molecule has 3 heteroatoms. The van der Waals surface area contributed by atoms with Crippen LogP contribution in [-0.2, 0) is 0 Å². The first-order valence-electron chi connectivity index (χ1n) is 4.39. The highest BCUT2D eigenvalue weighted by Crippen LogP contribution is 1.98. The Hall–Kier alpha value is -0.120.